The van der Waals surface area contributed by atoms with Gasteiger partial charge in [0.15, 0.2) is 6.10 Å². The molecule has 2 aromatic rings. The van der Waals surface area contributed by atoms with Gasteiger partial charge < -0.3 is 10.1 Å². The lowest BCUT2D eigenvalue weighted by molar-refractivity contribution is -0.122. The lowest BCUT2D eigenvalue weighted by Crippen LogP contribution is -2.32. The van der Waals surface area contributed by atoms with Gasteiger partial charge in [-0.05, 0) is 55.7 Å². The van der Waals surface area contributed by atoms with Gasteiger partial charge in [0.2, 0.25) is 0 Å². The Hall–Kier alpha value is -1.71. The van der Waals surface area contributed by atoms with Gasteiger partial charge in [0.05, 0.1) is 10.7 Å². The smallest absolute Gasteiger partial charge is 0.265 e. The first kappa shape index (κ1) is 17.6. The number of carbonyl (C=O) groups is 1. The Labute approximate surface area is 146 Å². The minimum atomic E-state index is -0.606. The summed E-state index contributed by atoms with van der Waals surface area (Å²) in [6.45, 7) is 5.83. The Morgan fingerprint density at radius 1 is 1.17 bits per heavy atom. The minimum absolute atomic E-state index is 0.252. The van der Waals surface area contributed by atoms with E-state index >= 15 is 0 Å². The molecule has 0 saturated carbocycles. The van der Waals surface area contributed by atoms with Crippen LogP contribution in [0.4, 0.5) is 5.69 Å². The first-order valence-corrected chi connectivity index (χ1v) is 8.16. The summed E-state index contributed by atoms with van der Waals surface area (Å²) in [6, 6.07) is 10.8. The van der Waals surface area contributed by atoms with Gasteiger partial charge in [-0.2, -0.15) is 0 Å². The van der Waals surface area contributed by atoms with Crippen LogP contribution in [-0.2, 0) is 4.79 Å². The van der Waals surface area contributed by atoms with Crippen molar-refractivity contribution in [1.82, 2.24) is 0 Å². The summed E-state index contributed by atoms with van der Waals surface area (Å²) in [6.07, 6.45) is -0.0669. The van der Waals surface area contributed by atoms with E-state index in [-0.39, 0.29) is 5.91 Å². The van der Waals surface area contributed by atoms with Crippen LogP contribution in [0.1, 0.15) is 24.5 Å². The van der Waals surface area contributed by atoms with E-state index < -0.39 is 6.10 Å². The molecule has 0 aromatic heterocycles. The molecule has 122 valence electrons. The van der Waals surface area contributed by atoms with Gasteiger partial charge in [0.1, 0.15) is 5.75 Å². The Bertz CT molecular complexity index is 716. The average Bonchev–Trinajstić information content (AvgIpc) is 2.51. The molecule has 0 radical (unpaired) electrons. The Morgan fingerprint density at radius 2 is 1.91 bits per heavy atom. The van der Waals surface area contributed by atoms with E-state index in [1.54, 1.807) is 18.2 Å². The third-order valence-electron chi connectivity index (χ3n) is 3.46. The molecule has 5 heteroatoms. The summed E-state index contributed by atoms with van der Waals surface area (Å²) in [5.74, 6) is 0.460. The van der Waals surface area contributed by atoms with Crippen LogP contribution in [0, 0.1) is 13.8 Å². The molecule has 2 rings (SSSR count). The highest BCUT2D eigenvalue weighted by atomic mass is 35.5. The number of hydrogen-bond donors (Lipinski definition) is 1. The largest absolute Gasteiger partial charge is 0.480 e. The second kappa shape index (κ2) is 7.71. The van der Waals surface area contributed by atoms with Crippen LogP contribution in [0.2, 0.25) is 10.0 Å². The maximum absolute atomic E-state index is 12.5. The lowest BCUT2D eigenvalue weighted by atomic mass is 10.1. The number of aryl methyl sites for hydroxylation is 2. The zero-order valence-electron chi connectivity index (χ0n) is 13.3. The van der Waals surface area contributed by atoms with Crippen LogP contribution in [0.3, 0.4) is 0 Å². The highest BCUT2D eigenvalue weighted by Crippen LogP contribution is 2.26. The van der Waals surface area contributed by atoms with Crippen molar-refractivity contribution in [2.45, 2.75) is 33.3 Å². The molecule has 1 amide bonds. The standard InChI is InChI=1S/C18H19Cl2NO2/c1-4-16(23-17-9-11(2)5-6-12(17)3)18(22)21-15-10-13(19)7-8-14(15)20/h5-10,16H,4H2,1-3H3,(H,21,22)/t16-/m0/s1. The van der Waals surface area contributed by atoms with Crippen LogP contribution in [0.15, 0.2) is 36.4 Å². The third-order valence-corrected chi connectivity index (χ3v) is 4.03. The molecule has 1 N–H and O–H groups in total. The molecule has 0 aliphatic rings. The summed E-state index contributed by atoms with van der Waals surface area (Å²) in [5, 5.41) is 3.72. The molecule has 0 unspecified atom stereocenters. The van der Waals surface area contributed by atoms with Crippen molar-refractivity contribution in [2.24, 2.45) is 0 Å². The molecular formula is C18H19Cl2NO2. The minimum Gasteiger partial charge on any atom is -0.480 e. The van der Waals surface area contributed by atoms with Gasteiger partial charge in [-0.1, -0.05) is 42.3 Å². The number of nitrogens with one attached hydrogen (secondary N) is 1. The van der Waals surface area contributed by atoms with Crippen LogP contribution in [-0.4, -0.2) is 12.0 Å². The fourth-order valence-corrected chi connectivity index (χ4v) is 2.45. The predicted molar refractivity (Wildman–Crippen MR) is 95.7 cm³/mol. The molecule has 0 aliphatic carbocycles. The van der Waals surface area contributed by atoms with Gasteiger partial charge in [-0.3, -0.25) is 4.79 Å². The molecule has 2 aromatic carbocycles. The maximum Gasteiger partial charge on any atom is 0.265 e. The van der Waals surface area contributed by atoms with Crippen molar-refractivity contribution in [2.75, 3.05) is 5.32 Å². The Morgan fingerprint density at radius 3 is 2.61 bits per heavy atom. The van der Waals surface area contributed by atoms with E-state index in [1.807, 2.05) is 39.0 Å². The zero-order chi connectivity index (χ0) is 17.0. The van der Waals surface area contributed by atoms with Crippen LogP contribution in [0.25, 0.3) is 0 Å². The van der Waals surface area contributed by atoms with E-state index in [4.69, 9.17) is 27.9 Å². The van der Waals surface area contributed by atoms with Gasteiger partial charge in [-0.25, -0.2) is 0 Å². The van der Waals surface area contributed by atoms with Gasteiger partial charge in [0, 0.05) is 5.02 Å². The average molecular weight is 352 g/mol. The number of amides is 1. The van der Waals surface area contributed by atoms with Crippen molar-refractivity contribution in [3.05, 3.63) is 57.6 Å². The highest BCUT2D eigenvalue weighted by molar-refractivity contribution is 6.35. The van der Waals surface area contributed by atoms with E-state index in [0.29, 0.717) is 27.9 Å². The van der Waals surface area contributed by atoms with Crippen LogP contribution >= 0.6 is 23.2 Å². The number of anilines is 1. The van der Waals surface area contributed by atoms with Gasteiger partial charge in [-0.15, -0.1) is 0 Å². The normalized spacial score (nSPS) is 11.9. The predicted octanol–water partition coefficient (Wildman–Crippen LogP) is 5.41. The van der Waals surface area contributed by atoms with Crippen LogP contribution < -0.4 is 10.1 Å². The number of rotatable bonds is 5. The topological polar surface area (TPSA) is 38.3 Å². The summed E-state index contributed by atoms with van der Waals surface area (Å²) in [7, 11) is 0. The van der Waals surface area contributed by atoms with Crippen molar-refractivity contribution >= 4 is 34.8 Å². The molecular weight excluding hydrogens is 333 g/mol. The maximum atomic E-state index is 12.5. The summed E-state index contributed by atoms with van der Waals surface area (Å²) >= 11 is 12.0. The number of carbonyl (C=O) groups excluding carboxylic acids is 1. The van der Waals surface area contributed by atoms with Crippen molar-refractivity contribution < 1.29 is 9.53 Å². The second-order valence-electron chi connectivity index (χ2n) is 5.40. The number of halogens is 2. The Kier molecular flexibility index (Phi) is 5.91. The molecule has 23 heavy (non-hydrogen) atoms. The monoisotopic (exact) mass is 351 g/mol. The SMILES string of the molecule is CC[C@H](Oc1cc(C)ccc1C)C(=O)Nc1cc(Cl)ccc1Cl. The molecule has 0 fully saturated rings. The molecule has 1 atom stereocenters. The lowest BCUT2D eigenvalue weighted by Gasteiger charge is -2.19. The molecule has 0 saturated heterocycles. The van der Waals surface area contributed by atoms with Gasteiger partial charge >= 0.3 is 0 Å². The summed E-state index contributed by atoms with van der Waals surface area (Å²) in [4.78, 5) is 12.5. The molecule has 0 spiro atoms. The van der Waals surface area contributed by atoms with E-state index in [0.717, 1.165) is 11.1 Å². The molecule has 0 aliphatic heterocycles. The van der Waals surface area contributed by atoms with Crippen molar-refractivity contribution in [1.29, 1.82) is 0 Å². The Balaban J connectivity index is 2.15. The molecule has 0 heterocycles. The number of ether oxygens (including phenoxy) is 1. The first-order chi connectivity index (χ1) is 10.9. The first-order valence-electron chi connectivity index (χ1n) is 7.40. The summed E-state index contributed by atoms with van der Waals surface area (Å²) in [5.41, 5.74) is 2.55. The number of hydrogen-bond acceptors (Lipinski definition) is 2. The van der Waals surface area contributed by atoms with Crippen molar-refractivity contribution in [3.8, 4) is 5.75 Å². The third kappa shape index (κ3) is 4.63. The van der Waals surface area contributed by atoms with E-state index in [9.17, 15) is 4.79 Å². The highest BCUT2D eigenvalue weighted by Gasteiger charge is 2.20. The summed E-state index contributed by atoms with van der Waals surface area (Å²) < 4.78 is 5.89. The number of benzene rings is 2. The zero-order valence-corrected chi connectivity index (χ0v) is 14.8. The quantitative estimate of drug-likeness (QED) is 0.782. The van der Waals surface area contributed by atoms with E-state index in [1.165, 1.54) is 0 Å². The fraction of sp³-hybridized carbons (Fsp3) is 0.278. The van der Waals surface area contributed by atoms with E-state index in [2.05, 4.69) is 5.32 Å². The van der Waals surface area contributed by atoms with Crippen molar-refractivity contribution in [3.63, 3.8) is 0 Å². The second-order valence-corrected chi connectivity index (χ2v) is 6.24. The van der Waals surface area contributed by atoms with Crippen LogP contribution in [0.5, 0.6) is 5.75 Å². The molecule has 0 bridgehead atoms. The fourth-order valence-electron chi connectivity index (χ4n) is 2.12. The molecule has 3 nitrogen and oxygen atoms in total. The van der Waals surface area contributed by atoms with Gasteiger partial charge in [0.25, 0.3) is 5.91 Å².